The van der Waals surface area contributed by atoms with Gasteiger partial charge in [0, 0.05) is 64.2 Å². The number of non-ortho nitro benzene ring substituents is 1. The van der Waals surface area contributed by atoms with E-state index in [9.17, 15) is 19.7 Å². The van der Waals surface area contributed by atoms with Gasteiger partial charge >= 0.3 is 0 Å². The average molecular weight is 446 g/mol. The molecule has 32 heavy (non-hydrogen) atoms. The van der Waals surface area contributed by atoms with Crippen LogP contribution in [0.25, 0.3) is 0 Å². The summed E-state index contributed by atoms with van der Waals surface area (Å²) in [6.07, 6.45) is 2.56. The van der Waals surface area contributed by atoms with Crippen LogP contribution >= 0.6 is 0 Å². The number of rotatable bonds is 7. The van der Waals surface area contributed by atoms with Crippen LogP contribution in [-0.2, 0) is 20.7 Å². The molecule has 3 aliphatic heterocycles. The summed E-state index contributed by atoms with van der Waals surface area (Å²) in [5, 5.41) is 14.2. The van der Waals surface area contributed by atoms with E-state index >= 15 is 0 Å². The van der Waals surface area contributed by atoms with E-state index in [1.54, 1.807) is 19.2 Å². The Kier molecular flexibility index (Phi) is 6.90. The van der Waals surface area contributed by atoms with Crippen molar-refractivity contribution in [1.29, 1.82) is 0 Å². The summed E-state index contributed by atoms with van der Waals surface area (Å²) >= 11 is 0. The smallest absolute Gasteiger partial charge is 0.269 e. The zero-order chi connectivity index (χ0) is 22.7. The summed E-state index contributed by atoms with van der Waals surface area (Å²) in [6.45, 7) is 4.86. The number of carbonyl (C=O) groups excluding carboxylic acids is 2. The molecule has 2 saturated heterocycles. The predicted octanol–water partition coefficient (Wildman–Crippen LogP) is 0.643. The minimum absolute atomic E-state index is 0.0376. The number of hydrogen-bond donors (Lipinski definition) is 1. The molecule has 10 nitrogen and oxygen atoms in total. The summed E-state index contributed by atoms with van der Waals surface area (Å²) in [7, 11) is 1.58. The van der Waals surface area contributed by atoms with E-state index in [-0.39, 0.29) is 29.5 Å². The molecule has 3 aliphatic rings. The lowest BCUT2D eigenvalue weighted by molar-refractivity contribution is -0.384. The van der Waals surface area contributed by atoms with Gasteiger partial charge in [-0.2, -0.15) is 0 Å². The number of nitrogens with one attached hydrogen (secondary N) is 1. The first-order valence-corrected chi connectivity index (χ1v) is 11.3. The lowest BCUT2D eigenvalue weighted by Gasteiger charge is -2.49. The molecule has 0 aliphatic carbocycles. The highest BCUT2D eigenvalue weighted by Gasteiger charge is 2.42. The summed E-state index contributed by atoms with van der Waals surface area (Å²) in [6, 6.07) is 4.82. The van der Waals surface area contributed by atoms with E-state index in [4.69, 9.17) is 4.74 Å². The van der Waals surface area contributed by atoms with Gasteiger partial charge in [-0.25, -0.2) is 0 Å². The third-order valence-electron chi connectivity index (χ3n) is 6.75. The normalized spacial score (nSPS) is 22.9. The number of nitrogens with zero attached hydrogens (tertiary/aromatic N) is 4. The van der Waals surface area contributed by atoms with E-state index in [0.717, 1.165) is 37.2 Å². The van der Waals surface area contributed by atoms with Gasteiger partial charge in [0.1, 0.15) is 0 Å². The second kappa shape index (κ2) is 9.83. The van der Waals surface area contributed by atoms with Crippen molar-refractivity contribution >= 4 is 23.2 Å². The first kappa shape index (κ1) is 22.5. The van der Waals surface area contributed by atoms with Crippen LogP contribution in [0.5, 0.6) is 0 Å². The molecule has 3 heterocycles. The Balaban J connectivity index is 1.54. The first-order chi connectivity index (χ1) is 15.5. The molecule has 0 spiro atoms. The molecule has 2 amide bonds. The number of amides is 2. The lowest BCUT2D eigenvalue weighted by atomic mass is 9.83. The number of benzene rings is 1. The molecular formula is C22H31N5O5. The van der Waals surface area contributed by atoms with Gasteiger partial charge in [-0.1, -0.05) is 0 Å². The zero-order valence-corrected chi connectivity index (χ0v) is 18.5. The second-order valence-electron chi connectivity index (χ2n) is 8.75. The fraction of sp³-hybridized carbons (Fsp3) is 0.636. The number of hydrogen-bond acceptors (Lipinski definition) is 7. The summed E-state index contributed by atoms with van der Waals surface area (Å²) < 4.78 is 5.04. The summed E-state index contributed by atoms with van der Waals surface area (Å²) in [4.78, 5) is 42.9. The Hall–Kier alpha value is -2.72. The summed E-state index contributed by atoms with van der Waals surface area (Å²) in [5.41, 5.74) is 1.81. The highest BCUT2D eigenvalue weighted by Crippen LogP contribution is 2.37. The van der Waals surface area contributed by atoms with Gasteiger partial charge in [-0.3, -0.25) is 24.6 Å². The van der Waals surface area contributed by atoms with Gasteiger partial charge in [0.05, 0.1) is 30.0 Å². The molecule has 0 bridgehead atoms. The van der Waals surface area contributed by atoms with E-state index < -0.39 is 4.92 Å². The van der Waals surface area contributed by atoms with Crippen LogP contribution in [0.3, 0.4) is 0 Å². The van der Waals surface area contributed by atoms with Crippen molar-refractivity contribution in [1.82, 2.24) is 15.1 Å². The number of methoxy groups -OCH3 is 1. The number of nitro groups is 1. The minimum Gasteiger partial charge on any atom is -0.383 e. The number of anilines is 1. The van der Waals surface area contributed by atoms with Crippen LogP contribution in [0.2, 0.25) is 0 Å². The van der Waals surface area contributed by atoms with E-state index in [2.05, 4.69) is 15.1 Å². The van der Waals surface area contributed by atoms with Crippen LogP contribution in [-0.4, -0.2) is 92.1 Å². The number of ether oxygens (including phenoxy) is 1. The van der Waals surface area contributed by atoms with Gasteiger partial charge in [0.15, 0.2) is 0 Å². The first-order valence-electron chi connectivity index (χ1n) is 11.3. The fourth-order valence-corrected chi connectivity index (χ4v) is 5.09. The number of piperazine rings is 1. The van der Waals surface area contributed by atoms with Crippen molar-refractivity contribution < 1.29 is 19.2 Å². The highest BCUT2D eigenvalue weighted by atomic mass is 16.6. The van der Waals surface area contributed by atoms with E-state index in [1.165, 1.54) is 6.07 Å². The lowest BCUT2D eigenvalue weighted by Crippen LogP contribution is -2.62. The quantitative estimate of drug-likeness (QED) is 0.373. The third kappa shape index (κ3) is 4.71. The molecule has 0 radical (unpaired) electrons. The van der Waals surface area contributed by atoms with Crippen LogP contribution in [0.4, 0.5) is 11.4 Å². The van der Waals surface area contributed by atoms with E-state index in [1.807, 2.05) is 4.90 Å². The molecule has 174 valence electrons. The second-order valence-corrected chi connectivity index (χ2v) is 8.75. The Morgan fingerprint density at radius 1 is 1.22 bits per heavy atom. The molecule has 1 aromatic rings. The van der Waals surface area contributed by atoms with Crippen molar-refractivity contribution in [2.24, 2.45) is 5.92 Å². The predicted molar refractivity (Wildman–Crippen MR) is 119 cm³/mol. The Bertz CT molecular complexity index is 872. The van der Waals surface area contributed by atoms with Gasteiger partial charge in [0.2, 0.25) is 11.8 Å². The van der Waals surface area contributed by atoms with Crippen LogP contribution in [0.1, 0.15) is 18.4 Å². The number of fused-ring (bicyclic) bond motifs is 3. The minimum atomic E-state index is -0.401. The van der Waals surface area contributed by atoms with Crippen LogP contribution in [0, 0.1) is 16.0 Å². The molecule has 0 saturated carbocycles. The summed E-state index contributed by atoms with van der Waals surface area (Å²) in [5.74, 6) is -0.281. The maximum Gasteiger partial charge on any atom is 0.269 e. The monoisotopic (exact) mass is 445 g/mol. The van der Waals surface area contributed by atoms with Crippen molar-refractivity contribution in [3.63, 3.8) is 0 Å². The van der Waals surface area contributed by atoms with Crippen LogP contribution < -0.4 is 10.2 Å². The Morgan fingerprint density at radius 3 is 2.72 bits per heavy atom. The molecule has 2 fully saturated rings. The topological polar surface area (TPSA) is 108 Å². The number of likely N-dealkylation sites (tertiary alicyclic amines) is 1. The number of carbonyl (C=O) groups is 2. The third-order valence-corrected chi connectivity index (χ3v) is 6.75. The van der Waals surface area contributed by atoms with Gasteiger partial charge in [-0.05, 0) is 30.9 Å². The molecule has 1 N–H and O–H groups in total. The molecule has 10 heteroatoms. The Labute approximate surface area is 187 Å². The van der Waals surface area contributed by atoms with Crippen molar-refractivity contribution in [3.05, 3.63) is 33.9 Å². The van der Waals surface area contributed by atoms with Gasteiger partial charge < -0.3 is 19.9 Å². The molecule has 0 aromatic heterocycles. The maximum absolute atomic E-state index is 13.1. The molecule has 2 atom stereocenters. The molecular weight excluding hydrogens is 414 g/mol. The van der Waals surface area contributed by atoms with Crippen LogP contribution in [0.15, 0.2) is 18.2 Å². The molecule has 1 aromatic carbocycles. The fourth-order valence-electron chi connectivity index (χ4n) is 5.09. The zero-order valence-electron chi connectivity index (χ0n) is 18.5. The molecule has 4 rings (SSSR count). The van der Waals surface area contributed by atoms with Gasteiger partial charge in [0.25, 0.3) is 5.69 Å². The van der Waals surface area contributed by atoms with E-state index in [0.29, 0.717) is 45.8 Å². The SMILES string of the molecule is COCCNC(=O)[C@@H]1Cc2cc([N+](=O)[O-])ccc2N2CCN(CC(=O)N3CCCC3)C[C@H]12. The van der Waals surface area contributed by atoms with Gasteiger partial charge in [-0.15, -0.1) is 0 Å². The number of nitro benzene ring substituents is 1. The Morgan fingerprint density at radius 2 is 2.00 bits per heavy atom. The van der Waals surface area contributed by atoms with Crippen molar-refractivity contribution in [3.8, 4) is 0 Å². The average Bonchev–Trinajstić information content (AvgIpc) is 3.33. The standard InChI is InChI=1S/C22H31N5O5/c1-32-11-6-23-22(29)18-13-16-12-17(27(30)31)4-5-19(16)26-10-9-24(14-20(18)26)15-21(28)25-7-2-3-8-25/h4-5,12,18,20H,2-3,6-11,13-15H2,1H3,(H,23,29)/t18-,20-/m1/s1. The molecule has 0 unspecified atom stereocenters. The maximum atomic E-state index is 13.1. The van der Waals surface area contributed by atoms with Crippen molar-refractivity contribution in [2.75, 3.05) is 64.4 Å². The highest BCUT2D eigenvalue weighted by molar-refractivity contribution is 5.82. The largest absolute Gasteiger partial charge is 0.383 e. The van der Waals surface area contributed by atoms with Crippen molar-refractivity contribution in [2.45, 2.75) is 25.3 Å².